The predicted octanol–water partition coefficient (Wildman–Crippen LogP) is 3.43. The van der Waals surface area contributed by atoms with Crippen molar-refractivity contribution >= 4 is 16.7 Å². The van der Waals surface area contributed by atoms with Gasteiger partial charge in [0.1, 0.15) is 0 Å². The Bertz CT molecular complexity index is 1030. The Balaban J connectivity index is 1.89. The number of nitrogens with zero attached hydrogens (tertiary/aromatic N) is 1. The lowest BCUT2D eigenvalue weighted by atomic mass is 10.0. The molecule has 1 aromatic heterocycles. The van der Waals surface area contributed by atoms with Crippen molar-refractivity contribution in [3.05, 3.63) is 75.7 Å². The number of rotatable bonds is 3. The fraction of sp³-hybridized carbons (Fsp3) is 0.167. The molecule has 134 valence electrons. The van der Waals surface area contributed by atoms with Crippen LogP contribution in [0.2, 0.25) is 0 Å². The van der Waals surface area contributed by atoms with Crippen LogP contribution in [0.5, 0.6) is 0 Å². The molecule has 2 aromatic carbocycles. The normalized spacial score (nSPS) is 12.8. The Labute approximate surface area is 145 Å². The third kappa shape index (κ3) is 3.44. The Hall–Kier alpha value is -3.16. The Morgan fingerprint density at radius 1 is 1.12 bits per heavy atom. The van der Waals surface area contributed by atoms with E-state index in [1.54, 1.807) is 31.2 Å². The monoisotopic (exact) mass is 361 g/mol. The minimum atomic E-state index is -4.46. The highest BCUT2D eigenvalue weighted by atomic mass is 19.4. The maximum Gasteiger partial charge on any atom is 0.416 e. The van der Waals surface area contributed by atoms with E-state index in [2.05, 4.69) is 15.5 Å². The smallest absolute Gasteiger partial charge is 0.344 e. The van der Waals surface area contributed by atoms with Gasteiger partial charge in [0.05, 0.1) is 17.0 Å². The average molecular weight is 361 g/mol. The van der Waals surface area contributed by atoms with Gasteiger partial charge in [0, 0.05) is 5.39 Å². The van der Waals surface area contributed by atoms with Crippen LogP contribution < -0.4 is 10.9 Å². The van der Waals surface area contributed by atoms with Crippen molar-refractivity contribution in [1.29, 1.82) is 0 Å². The van der Waals surface area contributed by atoms with Gasteiger partial charge in [0.25, 0.3) is 11.5 Å². The summed E-state index contributed by atoms with van der Waals surface area (Å²) in [6, 6.07) is 10.5. The number of H-pyrrole nitrogens is 1. The van der Waals surface area contributed by atoms with Crippen molar-refractivity contribution in [2.75, 3.05) is 0 Å². The fourth-order valence-corrected chi connectivity index (χ4v) is 2.62. The van der Waals surface area contributed by atoms with Crippen LogP contribution in [0.15, 0.2) is 53.3 Å². The first-order valence-electron chi connectivity index (χ1n) is 7.73. The number of carbonyl (C=O) groups excluding carboxylic acids is 1. The molecular formula is C18H14F3N3O2. The van der Waals surface area contributed by atoms with Crippen molar-refractivity contribution in [2.24, 2.45) is 0 Å². The van der Waals surface area contributed by atoms with Gasteiger partial charge in [-0.1, -0.05) is 30.3 Å². The number of carbonyl (C=O) groups is 1. The largest absolute Gasteiger partial charge is 0.416 e. The quantitative estimate of drug-likeness (QED) is 0.751. The number of benzene rings is 2. The molecule has 3 aromatic rings. The van der Waals surface area contributed by atoms with Gasteiger partial charge in [0.2, 0.25) is 0 Å². The van der Waals surface area contributed by atoms with Crippen LogP contribution in [-0.2, 0) is 6.18 Å². The van der Waals surface area contributed by atoms with E-state index in [1.165, 1.54) is 12.1 Å². The van der Waals surface area contributed by atoms with Crippen LogP contribution in [0.3, 0.4) is 0 Å². The van der Waals surface area contributed by atoms with Gasteiger partial charge in [-0.15, -0.1) is 0 Å². The number of aromatic amines is 1. The second-order valence-electron chi connectivity index (χ2n) is 5.77. The van der Waals surface area contributed by atoms with Gasteiger partial charge >= 0.3 is 6.18 Å². The molecule has 3 rings (SSSR count). The fourth-order valence-electron chi connectivity index (χ4n) is 2.62. The number of nitrogens with one attached hydrogen (secondary N) is 2. The lowest BCUT2D eigenvalue weighted by Crippen LogP contribution is -2.29. The molecule has 0 spiro atoms. The van der Waals surface area contributed by atoms with E-state index < -0.39 is 29.2 Å². The molecule has 0 bridgehead atoms. The third-order valence-corrected chi connectivity index (χ3v) is 3.97. The summed E-state index contributed by atoms with van der Waals surface area (Å²) in [4.78, 5) is 24.3. The number of alkyl halides is 3. The maximum atomic E-state index is 12.8. The van der Waals surface area contributed by atoms with Gasteiger partial charge < -0.3 is 5.32 Å². The SMILES string of the molecule is C[C@H](NC(=O)c1n[nH]c(=O)c2ccccc12)c1cccc(C(F)(F)F)c1. The highest BCUT2D eigenvalue weighted by Gasteiger charge is 2.30. The summed E-state index contributed by atoms with van der Waals surface area (Å²) < 4.78 is 38.5. The van der Waals surface area contributed by atoms with Crippen LogP contribution >= 0.6 is 0 Å². The summed E-state index contributed by atoms with van der Waals surface area (Å²) in [5.41, 5.74) is -0.910. The molecule has 5 nitrogen and oxygen atoms in total. The molecule has 0 aliphatic heterocycles. The molecule has 2 N–H and O–H groups in total. The second kappa shape index (κ2) is 6.62. The zero-order chi connectivity index (χ0) is 18.9. The molecule has 0 radical (unpaired) electrons. The first-order valence-corrected chi connectivity index (χ1v) is 7.73. The molecule has 26 heavy (non-hydrogen) atoms. The number of fused-ring (bicyclic) bond motifs is 1. The van der Waals surface area contributed by atoms with E-state index in [0.29, 0.717) is 16.3 Å². The summed E-state index contributed by atoms with van der Waals surface area (Å²) >= 11 is 0. The van der Waals surface area contributed by atoms with E-state index in [1.807, 2.05) is 0 Å². The molecule has 0 saturated carbocycles. The van der Waals surface area contributed by atoms with Crippen molar-refractivity contribution in [2.45, 2.75) is 19.1 Å². The number of amides is 1. The Morgan fingerprint density at radius 2 is 1.81 bits per heavy atom. The minimum absolute atomic E-state index is 0.000902. The topological polar surface area (TPSA) is 74.8 Å². The Kier molecular flexibility index (Phi) is 4.50. The van der Waals surface area contributed by atoms with Crippen LogP contribution in [-0.4, -0.2) is 16.1 Å². The molecule has 0 aliphatic carbocycles. The minimum Gasteiger partial charge on any atom is -0.344 e. The zero-order valence-corrected chi connectivity index (χ0v) is 13.6. The number of aromatic nitrogens is 2. The van der Waals surface area contributed by atoms with Gasteiger partial charge in [-0.05, 0) is 30.7 Å². The van der Waals surface area contributed by atoms with Gasteiger partial charge in [-0.3, -0.25) is 9.59 Å². The molecule has 1 heterocycles. The van der Waals surface area contributed by atoms with E-state index >= 15 is 0 Å². The van der Waals surface area contributed by atoms with E-state index in [-0.39, 0.29) is 5.69 Å². The molecule has 0 unspecified atom stereocenters. The highest BCUT2D eigenvalue weighted by molar-refractivity contribution is 6.04. The summed E-state index contributed by atoms with van der Waals surface area (Å²) in [5, 5.41) is 9.31. The van der Waals surface area contributed by atoms with Crippen molar-refractivity contribution in [3.63, 3.8) is 0 Å². The third-order valence-electron chi connectivity index (χ3n) is 3.97. The standard InChI is InChI=1S/C18H14F3N3O2/c1-10(11-5-4-6-12(9-11)18(19,20)21)22-17(26)15-13-7-2-3-8-14(13)16(25)24-23-15/h2-10H,1H3,(H,22,26)(H,24,25)/t10-/m0/s1. The summed E-state index contributed by atoms with van der Waals surface area (Å²) in [7, 11) is 0. The van der Waals surface area contributed by atoms with Crippen LogP contribution in [0.1, 0.15) is 34.6 Å². The van der Waals surface area contributed by atoms with E-state index in [9.17, 15) is 22.8 Å². The average Bonchev–Trinajstić information content (AvgIpc) is 2.61. The Morgan fingerprint density at radius 3 is 2.50 bits per heavy atom. The summed E-state index contributed by atoms with van der Waals surface area (Å²) in [5.74, 6) is -0.595. The van der Waals surface area contributed by atoms with Gasteiger partial charge in [-0.2, -0.15) is 18.3 Å². The molecule has 1 amide bonds. The lowest BCUT2D eigenvalue weighted by molar-refractivity contribution is -0.137. The van der Waals surface area contributed by atoms with Crippen molar-refractivity contribution < 1.29 is 18.0 Å². The van der Waals surface area contributed by atoms with E-state index in [0.717, 1.165) is 12.1 Å². The zero-order valence-electron chi connectivity index (χ0n) is 13.6. The first-order chi connectivity index (χ1) is 12.3. The first kappa shape index (κ1) is 17.7. The molecule has 0 aliphatic rings. The number of hydrogen-bond acceptors (Lipinski definition) is 3. The van der Waals surface area contributed by atoms with Crippen LogP contribution in [0.25, 0.3) is 10.8 Å². The van der Waals surface area contributed by atoms with Crippen LogP contribution in [0, 0.1) is 0 Å². The van der Waals surface area contributed by atoms with Crippen LogP contribution in [0.4, 0.5) is 13.2 Å². The van der Waals surface area contributed by atoms with Gasteiger partial charge in [0.15, 0.2) is 5.69 Å². The van der Waals surface area contributed by atoms with Crippen molar-refractivity contribution in [3.8, 4) is 0 Å². The molecule has 0 saturated heterocycles. The predicted molar refractivity (Wildman–Crippen MR) is 89.7 cm³/mol. The second-order valence-corrected chi connectivity index (χ2v) is 5.77. The highest BCUT2D eigenvalue weighted by Crippen LogP contribution is 2.30. The molecule has 1 atom stereocenters. The number of hydrogen-bond donors (Lipinski definition) is 2. The summed E-state index contributed by atoms with van der Waals surface area (Å²) in [6.45, 7) is 1.57. The molecular weight excluding hydrogens is 347 g/mol. The molecule has 8 heteroatoms. The van der Waals surface area contributed by atoms with Crippen molar-refractivity contribution in [1.82, 2.24) is 15.5 Å². The maximum absolute atomic E-state index is 12.8. The number of halogens is 3. The van der Waals surface area contributed by atoms with Gasteiger partial charge in [-0.25, -0.2) is 5.10 Å². The molecule has 0 fully saturated rings. The summed E-state index contributed by atoms with van der Waals surface area (Å²) in [6.07, 6.45) is -4.46. The van der Waals surface area contributed by atoms with E-state index in [4.69, 9.17) is 0 Å². The lowest BCUT2D eigenvalue weighted by Gasteiger charge is -2.16.